The summed E-state index contributed by atoms with van der Waals surface area (Å²) in [6, 6.07) is 14.6. The summed E-state index contributed by atoms with van der Waals surface area (Å²) >= 11 is 0. The standard InChI is InChI=1S/C25H32N2O6S/c28-24(26-29)25(12-17-32-18-13-25)34(30,31)23-9-7-22(8-10-23)33-16-11-20-5-4-6-21(19-20)27-14-2-1-3-15-27/h4-10,19,29H,1-3,11-18H2,(H,26,28). The Labute approximate surface area is 200 Å². The van der Waals surface area contributed by atoms with E-state index >= 15 is 0 Å². The third kappa shape index (κ3) is 5.06. The van der Waals surface area contributed by atoms with Crippen molar-refractivity contribution in [2.24, 2.45) is 0 Å². The highest BCUT2D eigenvalue weighted by molar-refractivity contribution is 7.93. The maximum Gasteiger partial charge on any atom is 0.265 e. The van der Waals surface area contributed by atoms with Crippen LogP contribution in [0.2, 0.25) is 0 Å². The molecule has 1 amide bonds. The second kappa shape index (κ2) is 10.8. The minimum Gasteiger partial charge on any atom is -0.493 e. The zero-order valence-electron chi connectivity index (χ0n) is 19.2. The molecule has 0 bridgehead atoms. The first-order valence-electron chi connectivity index (χ1n) is 11.8. The molecule has 184 valence electrons. The van der Waals surface area contributed by atoms with E-state index in [9.17, 15) is 13.2 Å². The number of benzene rings is 2. The van der Waals surface area contributed by atoms with Crippen molar-refractivity contribution in [3.63, 3.8) is 0 Å². The Kier molecular flexibility index (Phi) is 7.75. The molecule has 0 spiro atoms. The van der Waals surface area contributed by atoms with Crippen LogP contribution in [0.3, 0.4) is 0 Å². The van der Waals surface area contributed by atoms with E-state index in [1.807, 2.05) is 0 Å². The van der Waals surface area contributed by atoms with Gasteiger partial charge >= 0.3 is 0 Å². The van der Waals surface area contributed by atoms with Crippen molar-refractivity contribution >= 4 is 21.4 Å². The molecular formula is C25H32N2O6S. The van der Waals surface area contributed by atoms with Crippen molar-refractivity contribution in [2.45, 2.75) is 48.2 Å². The summed E-state index contributed by atoms with van der Waals surface area (Å²) in [5.74, 6) is -0.373. The van der Waals surface area contributed by atoms with Crippen LogP contribution >= 0.6 is 0 Å². The third-order valence-corrected chi connectivity index (χ3v) is 9.27. The number of hydroxylamine groups is 1. The van der Waals surface area contributed by atoms with Gasteiger partial charge in [0.1, 0.15) is 5.75 Å². The number of hydrogen-bond donors (Lipinski definition) is 2. The van der Waals surface area contributed by atoms with Crippen LogP contribution in [0.4, 0.5) is 5.69 Å². The molecule has 2 aromatic carbocycles. The molecule has 34 heavy (non-hydrogen) atoms. The maximum atomic E-state index is 13.3. The highest BCUT2D eigenvalue weighted by Crippen LogP contribution is 2.35. The second-order valence-corrected chi connectivity index (χ2v) is 11.1. The normalized spacial score (nSPS) is 18.3. The van der Waals surface area contributed by atoms with Gasteiger partial charge in [-0.15, -0.1) is 0 Å². The Morgan fingerprint density at radius 3 is 2.44 bits per heavy atom. The maximum absolute atomic E-state index is 13.3. The van der Waals surface area contributed by atoms with Gasteiger partial charge in [-0.2, -0.15) is 0 Å². The average Bonchev–Trinajstić information content (AvgIpc) is 2.89. The Morgan fingerprint density at radius 1 is 1.06 bits per heavy atom. The predicted octanol–water partition coefficient (Wildman–Crippen LogP) is 3.13. The molecule has 0 atom stereocenters. The van der Waals surface area contributed by atoms with Gasteiger partial charge in [-0.25, -0.2) is 13.9 Å². The highest BCUT2D eigenvalue weighted by atomic mass is 32.2. The minimum atomic E-state index is -4.04. The molecule has 8 nitrogen and oxygen atoms in total. The molecule has 9 heteroatoms. The zero-order chi connectivity index (χ0) is 24.0. The molecule has 2 aliphatic heterocycles. The SMILES string of the molecule is O=C(NO)C1(S(=O)(=O)c2ccc(OCCc3cccc(N4CCCCC4)c3)cc2)CCOCC1. The van der Waals surface area contributed by atoms with Crippen LogP contribution < -0.4 is 15.1 Å². The number of piperidine rings is 1. The number of nitrogens with zero attached hydrogens (tertiary/aromatic N) is 1. The number of carbonyl (C=O) groups is 1. The number of hydrogen-bond acceptors (Lipinski definition) is 7. The Morgan fingerprint density at radius 2 is 1.76 bits per heavy atom. The van der Waals surface area contributed by atoms with Gasteiger partial charge in [0, 0.05) is 38.4 Å². The molecule has 0 aromatic heterocycles. The van der Waals surface area contributed by atoms with Gasteiger partial charge in [-0.05, 0) is 74.1 Å². The van der Waals surface area contributed by atoms with Crippen LogP contribution in [-0.2, 0) is 25.8 Å². The predicted molar refractivity (Wildman–Crippen MR) is 128 cm³/mol. The minimum absolute atomic E-state index is 0.0135. The van der Waals surface area contributed by atoms with E-state index in [2.05, 4.69) is 29.2 Å². The number of rotatable bonds is 8. The van der Waals surface area contributed by atoms with Crippen LogP contribution in [0.15, 0.2) is 53.4 Å². The van der Waals surface area contributed by atoms with Crippen LogP contribution in [0, 0.1) is 0 Å². The molecule has 2 N–H and O–H groups in total. The van der Waals surface area contributed by atoms with E-state index < -0.39 is 20.5 Å². The fraction of sp³-hybridized carbons (Fsp3) is 0.480. The topological polar surface area (TPSA) is 105 Å². The fourth-order valence-electron chi connectivity index (χ4n) is 4.71. The van der Waals surface area contributed by atoms with Crippen LogP contribution in [0.5, 0.6) is 5.75 Å². The van der Waals surface area contributed by atoms with E-state index in [4.69, 9.17) is 14.7 Å². The number of ether oxygens (including phenoxy) is 2. The zero-order valence-corrected chi connectivity index (χ0v) is 20.1. The summed E-state index contributed by atoms with van der Waals surface area (Å²) in [6.07, 6.45) is 4.47. The molecule has 0 aliphatic carbocycles. The van der Waals surface area contributed by atoms with E-state index in [0.717, 1.165) is 19.5 Å². The quantitative estimate of drug-likeness (QED) is 0.434. The van der Waals surface area contributed by atoms with Crippen LogP contribution in [0.1, 0.15) is 37.7 Å². The highest BCUT2D eigenvalue weighted by Gasteiger charge is 2.52. The molecule has 2 aliphatic rings. The van der Waals surface area contributed by atoms with Crippen LogP contribution in [0.25, 0.3) is 0 Å². The van der Waals surface area contributed by atoms with Gasteiger partial charge in [-0.1, -0.05) is 12.1 Å². The van der Waals surface area contributed by atoms with Gasteiger partial charge < -0.3 is 14.4 Å². The lowest BCUT2D eigenvalue weighted by molar-refractivity contribution is -0.134. The molecular weight excluding hydrogens is 456 g/mol. The number of sulfone groups is 1. The summed E-state index contributed by atoms with van der Waals surface area (Å²) in [5.41, 5.74) is 3.97. The average molecular weight is 489 g/mol. The number of nitrogens with one attached hydrogen (secondary N) is 1. The van der Waals surface area contributed by atoms with Crippen molar-refractivity contribution in [2.75, 3.05) is 37.8 Å². The summed E-state index contributed by atoms with van der Waals surface area (Å²) in [6.45, 7) is 2.93. The summed E-state index contributed by atoms with van der Waals surface area (Å²) in [5, 5.41) is 9.16. The Bertz CT molecular complexity index is 1070. The van der Waals surface area contributed by atoms with E-state index in [1.165, 1.54) is 48.1 Å². The Balaban J connectivity index is 1.39. The summed E-state index contributed by atoms with van der Waals surface area (Å²) in [7, 11) is -4.04. The first-order valence-corrected chi connectivity index (χ1v) is 13.3. The van der Waals surface area contributed by atoms with Crippen molar-refractivity contribution in [3.05, 3.63) is 54.1 Å². The lowest BCUT2D eigenvalue weighted by Crippen LogP contribution is -2.54. The lowest BCUT2D eigenvalue weighted by Gasteiger charge is -2.34. The molecule has 2 heterocycles. The molecule has 2 saturated heterocycles. The molecule has 0 unspecified atom stereocenters. The molecule has 4 rings (SSSR count). The van der Waals surface area contributed by atoms with Gasteiger partial charge in [0.25, 0.3) is 5.91 Å². The van der Waals surface area contributed by atoms with Gasteiger partial charge in [0.2, 0.25) is 0 Å². The largest absolute Gasteiger partial charge is 0.493 e. The van der Waals surface area contributed by atoms with E-state index in [1.54, 1.807) is 12.1 Å². The number of amides is 1. The third-order valence-electron chi connectivity index (χ3n) is 6.76. The molecule has 2 fully saturated rings. The van der Waals surface area contributed by atoms with E-state index in [0.29, 0.717) is 12.4 Å². The van der Waals surface area contributed by atoms with Crippen LogP contribution in [-0.4, -0.2) is 57.2 Å². The van der Waals surface area contributed by atoms with Crippen molar-refractivity contribution < 1.29 is 27.9 Å². The smallest absolute Gasteiger partial charge is 0.265 e. The van der Waals surface area contributed by atoms with Crippen molar-refractivity contribution in [1.82, 2.24) is 5.48 Å². The number of anilines is 1. The molecule has 2 aromatic rings. The Hall–Kier alpha value is -2.62. The van der Waals surface area contributed by atoms with Gasteiger partial charge in [0.15, 0.2) is 14.6 Å². The fourth-order valence-corrected chi connectivity index (χ4v) is 6.65. The second-order valence-electron chi connectivity index (χ2n) is 8.84. The summed E-state index contributed by atoms with van der Waals surface area (Å²) in [4.78, 5) is 14.8. The first kappa shape index (κ1) is 24.5. The van der Waals surface area contributed by atoms with Crippen molar-refractivity contribution in [1.29, 1.82) is 0 Å². The molecule has 0 radical (unpaired) electrons. The van der Waals surface area contributed by atoms with E-state index in [-0.39, 0.29) is 31.0 Å². The first-order chi connectivity index (χ1) is 16.5. The monoisotopic (exact) mass is 488 g/mol. The van der Waals surface area contributed by atoms with Gasteiger partial charge in [-0.3, -0.25) is 10.0 Å². The van der Waals surface area contributed by atoms with Crippen molar-refractivity contribution in [3.8, 4) is 5.75 Å². The van der Waals surface area contributed by atoms with Gasteiger partial charge in [0.05, 0.1) is 11.5 Å². The lowest BCUT2D eigenvalue weighted by atomic mass is 9.98. The summed E-state index contributed by atoms with van der Waals surface area (Å²) < 4.78 is 36.0. The molecule has 0 saturated carbocycles. The number of carbonyl (C=O) groups excluding carboxylic acids is 1.